The van der Waals surface area contributed by atoms with Crippen molar-refractivity contribution in [3.63, 3.8) is 0 Å². The van der Waals surface area contributed by atoms with E-state index in [1.807, 2.05) is 23.1 Å². The van der Waals surface area contributed by atoms with E-state index >= 15 is 0 Å². The number of carbonyl (C=O) groups excluding carboxylic acids is 1. The first kappa shape index (κ1) is 20.2. The summed E-state index contributed by atoms with van der Waals surface area (Å²) in [5.74, 6) is 0. The second kappa shape index (κ2) is 8.45. The van der Waals surface area contributed by atoms with Crippen LogP contribution in [0, 0.1) is 11.3 Å². The van der Waals surface area contributed by atoms with Gasteiger partial charge < -0.3 is 15.0 Å². The predicted octanol–water partition coefficient (Wildman–Crippen LogP) is 4.67. The SMILES string of the molecule is C[C@H]1Cc2c(-c3ccccc3)nc3c(c2CO1)CN(C(=O)Nc1cccc(C#N)c1)CC3. The summed E-state index contributed by atoms with van der Waals surface area (Å²) < 4.78 is 6.00. The number of anilines is 1. The van der Waals surface area contributed by atoms with Crippen molar-refractivity contribution in [3.8, 4) is 17.3 Å². The average molecular weight is 425 g/mol. The second-order valence-corrected chi connectivity index (χ2v) is 8.33. The third kappa shape index (κ3) is 3.83. The van der Waals surface area contributed by atoms with Crippen LogP contribution in [-0.4, -0.2) is 28.6 Å². The molecule has 1 N–H and O–H groups in total. The molecule has 0 radical (unpaired) electrons. The lowest BCUT2D eigenvalue weighted by Crippen LogP contribution is -2.40. The van der Waals surface area contributed by atoms with Crippen LogP contribution in [-0.2, 0) is 30.7 Å². The highest BCUT2D eigenvalue weighted by atomic mass is 16.5. The minimum atomic E-state index is -0.170. The van der Waals surface area contributed by atoms with E-state index < -0.39 is 0 Å². The molecule has 0 spiro atoms. The number of hydrogen-bond donors (Lipinski definition) is 1. The molecule has 6 nitrogen and oxygen atoms in total. The van der Waals surface area contributed by atoms with E-state index in [0.717, 1.165) is 28.9 Å². The molecule has 32 heavy (non-hydrogen) atoms. The van der Waals surface area contributed by atoms with Crippen LogP contribution in [0.3, 0.4) is 0 Å². The Bertz CT molecular complexity index is 1220. The Morgan fingerprint density at radius 2 is 2.00 bits per heavy atom. The second-order valence-electron chi connectivity index (χ2n) is 8.33. The van der Waals surface area contributed by atoms with E-state index in [2.05, 4.69) is 30.4 Å². The Balaban J connectivity index is 1.46. The Kier molecular flexibility index (Phi) is 5.34. The molecule has 0 unspecified atom stereocenters. The Hall–Kier alpha value is -3.69. The number of aromatic nitrogens is 1. The quantitative estimate of drug-likeness (QED) is 0.648. The Morgan fingerprint density at radius 3 is 2.81 bits per heavy atom. The number of nitrogens with one attached hydrogen (secondary N) is 1. The molecule has 3 heterocycles. The minimum absolute atomic E-state index is 0.139. The van der Waals surface area contributed by atoms with Gasteiger partial charge in [0.2, 0.25) is 0 Å². The summed E-state index contributed by atoms with van der Waals surface area (Å²) >= 11 is 0. The average Bonchev–Trinajstić information content (AvgIpc) is 2.83. The van der Waals surface area contributed by atoms with Crippen molar-refractivity contribution in [1.29, 1.82) is 5.26 Å². The zero-order valence-electron chi connectivity index (χ0n) is 18.0. The Labute approximate surface area is 187 Å². The van der Waals surface area contributed by atoms with Crippen molar-refractivity contribution >= 4 is 11.7 Å². The number of ether oxygens (including phenoxy) is 1. The molecule has 3 aromatic rings. The number of hydrogen-bond acceptors (Lipinski definition) is 4. The number of fused-ring (bicyclic) bond motifs is 3. The summed E-state index contributed by atoms with van der Waals surface area (Å²) in [6.07, 6.45) is 1.65. The maximum absolute atomic E-state index is 13.0. The van der Waals surface area contributed by atoms with Crippen molar-refractivity contribution in [3.05, 3.63) is 82.5 Å². The summed E-state index contributed by atoms with van der Waals surface area (Å²) in [7, 11) is 0. The third-order valence-electron chi connectivity index (χ3n) is 6.16. The summed E-state index contributed by atoms with van der Waals surface area (Å²) in [5, 5.41) is 12.0. The molecule has 1 aromatic heterocycles. The molecule has 1 atom stereocenters. The highest BCUT2D eigenvalue weighted by Crippen LogP contribution is 2.35. The van der Waals surface area contributed by atoms with Gasteiger partial charge in [-0.05, 0) is 41.8 Å². The number of nitrogens with zero attached hydrogens (tertiary/aromatic N) is 3. The van der Waals surface area contributed by atoms with Crippen LogP contribution < -0.4 is 5.32 Å². The molecular weight excluding hydrogens is 400 g/mol. The number of urea groups is 1. The smallest absolute Gasteiger partial charge is 0.322 e. The molecule has 6 heteroatoms. The number of benzene rings is 2. The molecule has 0 aliphatic carbocycles. The maximum Gasteiger partial charge on any atom is 0.322 e. The molecule has 160 valence electrons. The van der Waals surface area contributed by atoms with Gasteiger partial charge in [0.15, 0.2) is 0 Å². The lowest BCUT2D eigenvalue weighted by atomic mass is 9.88. The molecular formula is C26H24N4O2. The van der Waals surface area contributed by atoms with Gasteiger partial charge in [0.05, 0.1) is 30.0 Å². The first-order chi connectivity index (χ1) is 15.6. The largest absolute Gasteiger partial charge is 0.373 e. The van der Waals surface area contributed by atoms with Crippen LogP contribution in [0.5, 0.6) is 0 Å². The molecule has 2 amide bonds. The predicted molar refractivity (Wildman–Crippen MR) is 122 cm³/mol. The van der Waals surface area contributed by atoms with E-state index in [9.17, 15) is 4.79 Å². The van der Waals surface area contributed by atoms with Gasteiger partial charge in [0.1, 0.15) is 0 Å². The third-order valence-corrected chi connectivity index (χ3v) is 6.16. The van der Waals surface area contributed by atoms with Crippen molar-refractivity contribution in [2.24, 2.45) is 0 Å². The summed E-state index contributed by atoms with van der Waals surface area (Å²) in [6, 6.07) is 19.2. The van der Waals surface area contributed by atoms with Gasteiger partial charge in [0.25, 0.3) is 0 Å². The lowest BCUT2D eigenvalue weighted by molar-refractivity contribution is 0.0399. The van der Waals surface area contributed by atoms with Crippen molar-refractivity contribution in [1.82, 2.24) is 9.88 Å². The first-order valence-electron chi connectivity index (χ1n) is 10.9. The number of rotatable bonds is 2. The van der Waals surface area contributed by atoms with Crippen LogP contribution in [0.2, 0.25) is 0 Å². The van der Waals surface area contributed by atoms with Gasteiger partial charge >= 0.3 is 6.03 Å². The highest BCUT2D eigenvalue weighted by molar-refractivity contribution is 5.89. The molecule has 2 aromatic carbocycles. The number of pyridine rings is 1. The Morgan fingerprint density at radius 1 is 1.16 bits per heavy atom. The maximum atomic E-state index is 13.0. The fourth-order valence-corrected chi connectivity index (χ4v) is 4.52. The lowest BCUT2D eigenvalue weighted by Gasteiger charge is -2.34. The fourth-order valence-electron chi connectivity index (χ4n) is 4.52. The molecule has 5 rings (SSSR count). The van der Waals surface area contributed by atoms with Gasteiger partial charge in [-0.3, -0.25) is 4.98 Å². The monoisotopic (exact) mass is 424 g/mol. The zero-order chi connectivity index (χ0) is 22.1. The summed E-state index contributed by atoms with van der Waals surface area (Å²) in [6.45, 7) is 3.72. The van der Waals surface area contributed by atoms with Gasteiger partial charge in [-0.15, -0.1) is 0 Å². The van der Waals surface area contributed by atoms with Crippen LogP contribution >= 0.6 is 0 Å². The van der Waals surface area contributed by atoms with E-state index in [1.54, 1.807) is 24.3 Å². The summed E-state index contributed by atoms with van der Waals surface area (Å²) in [4.78, 5) is 19.9. The molecule has 0 saturated heterocycles. The first-order valence-corrected chi connectivity index (χ1v) is 10.9. The molecule has 2 aliphatic rings. The van der Waals surface area contributed by atoms with E-state index in [-0.39, 0.29) is 12.1 Å². The van der Waals surface area contributed by atoms with Crippen molar-refractivity contribution in [2.45, 2.75) is 39.0 Å². The molecule has 2 aliphatic heterocycles. The number of amides is 2. The van der Waals surface area contributed by atoms with E-state index in [4.69, 9.17) is 15.0 Å². The van der Waals surface area contributed by atoms with Crippen LogP contribution in [0.15, 0.2) is 54.6 Å². The van der Waals surface area contributed by atoms with Crippen LogP contribution in [0.25, 0.3) is 11.3 Å². The van der Waals surface area contributed by atoms with Gasteiger partial charge in [-0.25, -0.2) is 4.79 Å². The van der Waals surface area contributed by atoms with Gasteiger partial charge in [-0.1, -0.05) is 36.4 Å². The van der Waals surface area contributed by atoms with E-state index in [1.165, 1.54) is 11.1 Å². The van der Waals surface area contributed by atoms with Crippen LogP contribution in [0.4, 0.5) is 10.5 Å². The van der Waals surface area contributed by atoms with Crippen molar-refractivity contribution < 1.29 is 9.53 Å². The minimum Gasteiger partial charge on any atom is -0.373 e. The number of nitriles is 1. The standard InChI is InChI=1S/C26H24N4O2/c1-17-12-21-23(16-32-17)22-15-30(26(31)28-20-9-5-6-18(13-20)14-27)11-10-24(22)29-25(21)19-7-3-2-4-8-19/h2-9,13,17H,10-12,15-16H2,1H3,(H,28,31)/t17-/m0/s1. The van der Waals surface area contributed by atoms with Gasteiger partial charge in [-0.2, -0.15) is 5.26 Å². The van der Waals surface area contributed by atoms with Gasteiger partial charge in [0, 0.05) is 42.9 Å². The zero-order valence-corrected chi connectivity index (χ0v) is 18.0. The molecule has 0 fully saturated rings. The highest BCUT2D eigenvalue weighted by Gasteiger charge is 2.30. The van der Waals surface area contributed by atoms with E-state index in [0.29, 0.717) is 37.4 Å². The summed E-state index contributed by atoms with van der Waals surface area (Å²) in [5.41, 5.74) is 7.88. The van der Waals surface area contributed by atoms with Crippen LogP contribution in [0.1, 0.15) is 34.9 Å². The molecule has 0 bridgehead atoms. The normalized spacial score (nSPS) is 17.1. The topological polar surface area (TPSA) is 78.2 Å². The van der Waals surface area contributed by atoms with Crippen molar-refractivity contribution in [2.75, 3.05) is 11.9 Å². The fraction of sp³-hybridized carbons (Fsp3) is 0.269. The molecule has 0 saturated carbocycles. The number of carbonyl (C=O) groups is 1.